The lowest BCUT2D eigenvalue weighted by molar-refractivity contribution is 0.0697. The van der Waals surface area contributed by atoms with Crippen LogP contribution in [-0.4, -0.2) is 17.7 Å². The predicted molar refractivity (Wildman–Crippen MR) is 119 cm³/mol. The fourth-order valence-electron chi connectivity index (χ4n) is 2.99. The van der Waals surface area contributed by atoms with Gasteiger partial charge in [-0.05, 0) is 61.4 Å². The molecule has 0 saturated carbocycles. The molecule has 0 aliphatic heterocycles. The highest BCUT2D eigenvalue weighted by molar-refractivity contribution is 6.31. The second-order valence-electron chi connectivity index (χ2n) is 6.93. The number of benzene rings is 3. The lowest BCUT2D eigenvalue weighted by atomic mass is 10.1. The molecule has 3 aromatic carbocycles. The Bertz CT molecular complexity index is 1090. The third-order valence-corrected chi connectivity index (χ3v) is 5.03. The van der Waals surface area contributed by atoms with E-state index >= 15 is 0 Å². The Hall–Kier alpha value is -3.25. The molecule has 0 heterocycles. The van der Waals surface area contributed by atoms with Gasteiger partial charge in [-0.1, -0.05) is 29.8 Å². The number of aryl methyl sites for hydroxylation is 1. The lowest BCUT2D eigenvalue weighted by Gasteiger charge is -2.15. The molecule has 0 atom stereocenters. The highest BCUT2D eigenvalue weighted by atomic mass is 35.5. The summed E-state index contributed by atoms with van der Waals surface area (Å²) in [5.41, 5.74) is 3.54. The molecule has 7 heteroatoms. The second kappa shape index (κ2) is 10.2. The number of nitrogens with one attached hydrogen (secondary N) is 1. The number of aromatic carboxylic acids is 1. The van der Waals surface area contributed by atoms with Gasteiger partial charge in [0.05, 0.1) is 17.2 Å². The zero-order valence-corrected chi connectivity index (χ0v) is 18.0. The first-order chi connectivity index (χ1) is 14.9. The number of ether oxygens (including phenoxy) is 2. The Balaban J connectivity index is 1.72. The van der Waals surface area contributed by atoms with Crippen molar-refractivity contribution in [3.63, 3.8) is 0 Å². The van der Waals surface area contributed by atoms with E-state index in [0.29, 0.717) is 35.2 Å². The molecule has 2 N–H and O–H groups in total. The molecule has 0 fully saturated rings. The van der Waals surface area contributed by atoms with Gasteiger partial charge in [0.15, 0.2) is 11.5 Å². The van der Waals surface area contributed by atoms with Gasteiger partial charge in [0.2, 0.25) is 0 Å². The van der Waals surface area contributed by atoms with Crippen LogP contribution in [0.15, 0.2) is 54.6 Å². The van der Waals surface area contributed by atoms with Gasteiger partial charge in [-0.15, -0.1) is 0 Å². The van der Waals surface area contributed by atoms with E-state index in [1.807, 2.05) is 26.0 Å². The monoisotopic (exact) mass is 443 g/mol. The van der Waals surface area contributed by atoms with Gasteiger partial charge in [0, 0.05) is 17.8 Å². The van der Waals surface area contributed by atoms with Crippen molar-refractivity contribution in [1.29, 1.82) is 0 Å². The van der Waals surface area contributed by atoms with Crippen molar-refractivity contribution in [2.24, 2.45) is 0 Å². The van der Waals surface area contributed by atoms with E-state index in [1.54, 1.807) is 30.3 Å². The number of hydrogen-bond acceptors (Lipinski definition) is 4. The van der Waals surface area contributed by atoms with E-state index in [2.05, 4.69) is 5.32 Å². The molecule has 31 heavy (non-hydrogen) atoms. The molecule has 0 unspecified atom stereocenters. The minimum atomic E-state index is -0.968. The molecular weight excluding hydrogens is 421 g/mol. The van der Waals surface area contributed by atoms with Crippen LogP contribution in [0.1, 0.15) is 34.0 Å². The van der Waals surface area contributed by atoms with Crippen LogP contribution in [-0.2, 0) is 13.2 Å². The van der Waals surface area contributed by atoms with Crippen molar-refractivity contribution in [2.75, 3.05) is 11.9 Å². The van der Waals surface area contributed by atoms with Gasteiger partial charge >= 0.3 is 5.97 Å². The van der Waals surface area contributed by atoms with E-state index in [0.717, 1.165) is 16.8 Å². The lowest BCUT2D eigenvalue weighted by Crippen LogP contribution is -2.05. The number of carbonyl (C=O) groups is 1. The van der Waals surface area contributed by atoms with Crippen LogP contribution in [0.3, 0.4) is 0 Å². The number of carboxylic acid groups (broad SMARTS) is 1. The van der Waals surface area contributed by atoms with Crippen molar-refractivity contribution in [3.05, 3.63) is 87.7 Å². The maximum absolute atomic E-state index is 13.2. The van der Waals surface area contributed by atoms with Gasteiger partial charge in [0.1, 0.15) is 12.4 Å². The van der Waals surface area contributed by atoms with Crippen LogP contribution in [0, 0.1) is 12.7 Å². The highest BCUT2D eigenvalue weighted by Crippen LogP contribution is 2.31. The Morgan fingerprint density at radius 3 is 2.58 bits per heavy atom. The largest absolute Gasteiger partial charge is 0.490 e. The quantitative estimate of drug-likeness (QED) is 0.419. The summed E-state index contributed by atoms with van der Waals surface area (Å²) < 4.78 is 24.8. The zero-order chi connectivity index (χ0) is 22.4. The van der Waals surface area contributed by atoms with Crippen LogP contribution in [0.5, 0.6) is 11.5 Å². The summed E-state index contributed by atoms with van der Waals surface area (Å²) in [6, 6.07) is 14.7. The van der Waals surface area contributed by atoms with Crippen LogP contribution in [0.25, 0.3) is 0 Å². The summed E-state index contributed by atoms with van der Waals surface area (Å²) in [5.74, 6) is -0.236. The molecule has 5 nitrogen and oxygen atoms in total. The predicted octanol–water partition coefficient (Wildman–Crippen LogP) is 6.08. The fourth-order valence-corrected chi connectivity index (χ4v) is 3.21. The Labute approximate surface area is 185 Å². The molecule has 0 amide bonds. The summed E-state index contributed by atoms with van der Waals surface area (Å²) in [5, 5.41) is 12.8. The van der Waals surface area contributed by atoms with Gasteiger partial charge in [-0.2, -0.15) is 0 Å². The Kier molecular flexibility index (Phi) is 7.36. The van der Waals surface area contributed by atoms with Crippen LogP contribution in [0.4, 0.5) is 10.1 Å². The standard InChI is InChI=1S/C24H23ClFNO4/c1-3-30-23-10-16(13-27-21-11-17(24(28)29)6-4-15(21)2)5-9-22(23)31-14-18-7-8-19(26)12-20(18)25/h4-12,27H,3,13-14H2,1-2H3,(H,28,29). The van der Waals surface area contributed by atoms with Gasteiger partial charge < -0.3 is 19.9 Å². The molecule has 0 saturated heterocycles. The first-order valence-corrected chi connectivity index (χ1v) is 10.2. The molecule has 162 valence electrons. The molecule has 0 aromatic heterocycles. The van der Waals surface area contributed by atoms with E-state index in [-0.39, 0.29) is 12.2 Å². The molecule has 0 bridgehead atoms. The van der Waals surface area contributed by atoms with E-state index in [4.69, 9.17) is 21.1 Å². The third kappa shape index (κ3) is 5.89. The summed E-state index contributed by atoms with van der Waals surface area (Å²) in [7, 11) is 0. The minimum Gasteiger partial charge on any atom is -0.490 e. The fraction of sp³-hybridized carbons (Fsp3) is 0.208. The maximum atomic E-state index is 13.2. The highest BCUT2D eigenvalue weighted by Gasteiger charge is 2.10. The van der Waals surface area contributed by atoms with Crippen molar-refractivity contribution in [3.8, 4) is 11.5 Å². The maximum Gasteiger partial charge on any atom is 0.335 e. The van der Waals surface area contributed by atoms with Crippen LogP contribution >= 0.6 is 11.6 Å². The molecule has 3 rings (SSSR count). The number of anilines is 1. The average molecular weight is 444 g/mol. The smallest absolute Gasteiger partial charge is 0.335 e. The average Bonchev–Trinajstić information content (AvgIpc) is 2.73. The molecule has 0 spiro atoms. The minimum absolute atomic E-state index is 0.179. The topological polar surface area (TPSA) is 67.8 Å². The molecule has 0 aliphatic carbocycles. The van der Waals surface area contributed by atoms with Crippen molar-refractivity contribution >= 4 is 23.3 Å². The first kappa shape index (κ1) is 22.4. The third-order valence-electron chi connectivity index (χ3n) is 4.67. The summed E-state index contributed by atoms with van der Waals surface area (Å²) in [6.45, 7) is 4.92. The number of halogens is 2. The van der Waals surface area contributed by atoms with Crippen molar-refractivity contribution < 1.29 is 23.8 Å². The SMILES string of the molecule is CCOc1cc(CNc2cc(C(=O)O)ccc2C)ccc1OCc1ccc(F)cc1Cl. The second-order valence-corrected chi connectivity index (χ2v) is 7.33. The van der Waals surface area contributed by atoms with Gasteiger partial charge in [-0.25, -0.2) is 9.18 Å². The van der Waals surface area contributed by atoms with Crippen molar-refractivity contribution in [1.82, 2.24) is 0 Å². The molecule has 0 aliphatic rings. The van der Waals surface area contributed by atoms with E-state index in [9.17, 15) is 14.3 Å². The Morgan fingerprint density at radius 1 is 1.06 bits per heavy atom. The normalized spacial score (nSPS) is 10.6. The number of rotatable bonds is 9. The number of hydrogen-bond donors (Lipinski definition) is 2. The van der Waals surface area contributed by atoms with Crippen molar-refractivity contribution in [2.45, 2.75) is 27.0 Å². The van der Waals surface area contributed by atoms with Crippen LogP contribution < -0.4 is 14.8 Å². The molecular formula is C24H23ClFNO4. The Morgan fingerprint density at radius 2 is 1.87 bits per heavy atom. The van der Waals surface area contributed by atoms with E-state index in [1.165, 1.54) is 12.1 Å². The van der Waals surface area contributed by atoms with E-state index < -0.39 is 11.8 Å². The van der Waals surface area contributed by atoms with Gasteiger partial charge in [0.25, 0.3) is 0 Å². The summed E-state index contributed by atoms with van der Waals surface area (Å²) in [6.07, 6.45) is 0. The van der Waals surface area contributed by atoms with Gasteiger partial charge in [-0.3, -0.25) is 0 Å². The zero-order valence-electron chi connectivity index (χ0n) is 17.2. The summed E-state index contributed by atoms with van der Waals surface area (Å²) in [4.78, 5) is 11.2. The summed E-state index contributed by atoms with van der Waals surface area (Å²) >= 11 is 6.07. The number of carboxylic acids is 1. The molecule has 0 radical (unpaired) electrons. The first-order valence-electron chi connectivity index (χ1n) is 9.77. The molecule has 3 aromatic rings. The van der Waals surface area contributed by atoms with Crippen LogP contribution in [0.2, 0.25) is 5.02 Å².